The van der Waals surface area contributed by atoms with E-state index >= 15 is 0 Å². The molecule has 4 rings (SSSR count). The highest BCUT2D eigenvalue weighted by Gasteiger charge is 2.19. The Morgan fingerprint density at radius 2 is 1.87 bits per heavy atom. The minimum absolute atomic E-state index is 0.331. The molecule has 1 fully saturated rings. The molecule has 2 aromatic carbocycles. The standard InChI is InChI=1S/C21H24FN3O2S.C2H6/c1-3-15-14-25(19-12-16(22)4-6-18(15)19)28(26)17-5-7-21(27-2)20(13-17)24-10-8-23-9-11-24;1-2/h4-7,12-14,23H,3,8-11H2,1-2H3;1-2H3. The highest BCUT2D eigenvalue weighted by Crippen LogP contribution is 2.32. The molecule has 1 saturated heterocycles. The van der Waals surface area contributed by atoms with Gasteiger partial charge in [-0.05, 0) is 48.4 Å². The van der Waals surface area contributed by atoms with E-state index in [4.69, 9.17) is 4.74 Å². The average molecular weight is 432 g/mol. The molecule has 0 saturated carbocycles. The number of benzene rings is 2. The van der Waals surface area contributed by atoms with E-state index in [0.29, 0.717) is 10.4 Å². The van der Waals surface area contributed by atoms with Crippen LogP contribution in [0, 0.1) is 5.82 Å². The number of piperazine rings is 1. The van der Waals surface area contributed by atoms with Crippen LogP contribution >= 0.6 is 0 Å². The van der Waals surface area contributed by atoms with Crippen LogP contribution in [0.2, 0.25) is 0 Å². The third-order valence-corrected chi connectivity index (χ3v) is 6.50. The van der Waals surface area contributed by atoms with Crippen LogP contribution in [0.15, 0.2) is 47.5 Å². The van der Waals surface area contributed by atoms with Gasteiger partial charge in [0.05, 0.1) is 23.2 Å². The van der Waals surface area contributed by atoms with Crippen LogP contribution in [0.5, 0.6) is 5.75 Å². The molecule has 0 spiro atoms. The summed E-state index contributed by atoms with van der Waals surface area (Å²) in [6.07, 6.45) is 2.66. The van der Waals surface area contributed by atoms with Gasteiger partial charge in [-0.2, -0.15) is 0 Å². The summed E-state index contributed by atoms with van der Waals surface area (Å²) in [7, 11) is 0.163. The Balaban J connectivity index is 0.00000124. The van der Waals surface area contributed by atoms with Crippen molar-refractivity contribution in [3.63, 3.8) is 0 Å². The number of fused-ring (bicyclic) bond motifs is 1. The van der Waals surface area contributed by atoms with Crippen molar-refractivity contribution in [3.05, 3.63) is 54.0 Å². The molecule has 7 heteroatoms. The van der Waals surface area contributed by atoms with E-state index in [-0.39, 0.29) is 5.82 Å². The highest BCUT2D eigenvalue weighted by atomic mass is 32.2. The second-order valence-electron chi connectivity index (χ2n) is 6.82. The number of nitrogens with one attached hydrogen (secondary N) is 1. The summed E-state index contributed by atoms with van der Waals surface area (Å²) in [5.41, 5.74) is 2.64. The van der Waals surface area contributed by atoms with Gasteiger partial charge in [0.2, 0.25) is 0 Å². The van der Waals surface area contributed by atoms with Crippen LogP contribution in [-0.4, -0.2) is 41.5 Å². The lowest BCUT2D eigenvalue weighted by Crippen LogP contribution is -2.43. The number of rotatable bonds is 5. The SMILES string of the molecule is CC.CCc1cn(S(=O)c2ccc(OC)c(N3CCNCC3)c2)c2cc(F)ccc12. The highest BCUT2D eigenvalue weighted by molar-refractivity contribution is 7.83. The third kappa shape index (κ3) is 4.37. The summed E-state index contributed by atoms with van der Waals surface area (Å²) in [5, 5.41) is 4.28. The number of nitrogens with zero attached hydrogens (tertiary/aromatic N) is 2. The smallest absolute Gasteiger partial charge is 0.157 e. The molecule has 162 valence electrons. The summed E-state index contributed by atoms with van der Waals surface area (Å²) >= 11 is 0. The van der Waals surface area contributed by atoms with Gasteiger partial charge in [0.1, 0.15) is 11.6 Å². The first-order valence-corrected chi connectivity index (χ1v) is 11.6. The number of halogens is 1. The summed E-state index contributed by atoms with van der Waals surface area (Å²) in [5.74, 6) is 0.433. The molecule has 0 radical (unpaired) electrons. The van der Waals surface area contributed by atoms with Crippen molar-refractivity contribution in [2.45, 2.75) is 32.1 Å². The molecule has 1 aromatic heterocycles. The van der Waals surface area contributed by atoms with Crippen LogP contribution in [0.4, 0.5) is 10.1 Å². The lowest BCUT2D eigenvalue weighted by atomic mass is 10.1. The molecule has 0 bridgehead atoms. The van der Waals surface area contributed by atoms with Crippen molar-refractivity contribution in [3.8, 4) is 5.75 Å². The Morgan fingerprint density at radius 1 is 1.13 bits per heavy atom. The maximum absolute atomic E-state index is 13.9. The van der Waals surface area contributed by atoms with Crippen LogP contribution in [0.3, 0.4) is 0 Å². The number of ether oxygens (including phenoxy) is 1. The molecule has 3 aromatic rings. The van der Waals surface area contributed by atoms with E-state index in [9.17, 15) is 8.60 Å². The maximum atomic E-state index is 13.9. The van der Waals surface area contributed by atoms with Gasteiger partial charge in [0, 0.05) is 37.8 Å². The first-order valence-electron chi connectivity index (χ1n) is 10.5. The number of hydrogen-bond acceptors (Lipinski definition) is 4. The number of anilines is 1. The van der Waals surface area contributed by atoms with Crippen molar-refractivity contribution in [1.82, 2.24) is 9.29 Å². The van der Waals surface area contributed by atoms with Crippen molar-refractivity contribution in [2.24, 2.45) is 0 Å². The molecule has 1 aliphatic heterocycles. The quantitative estimate of drug-likeness (QED) is 0.652. The van der Waals surface area contributed by atoms with Crippen LogP contribution in [-0.2, 0) is 17.4 Å². The van der Waals surface area contributed by atoms with Gasteiger partial charge in [-0.3, -0.25) is 3.97 Å². The van der Waals surface area contributed by atoms with E-state index in [1.54, 1.807) is 17.1 Å². The molecule has 1 N–H and O–H groups in total. The van der Waals surface area contributed by atoms with Gasteiger partial charge in [-0.25, -0.2) is 8.60 Å². The number of aryl methyl sites for hydroxylation is 1. The van der Waals surface area contributed by atoms with Gasteiger partial charge in [0.15, 0.2) is 11.0 Å². The van der Waals surface area contributed by atoms with Crippen LogP contribution in [0.25, 0.3) is 10.9 Å². The summed E-state index contributed by atoms with van der Waals surface area (Å²) < 4.78 is 34.5. The predicted molar refractivity (Wildman–Crippen MR) is 123 cm³/mol. The molecule has 0 aliphatic carbocycles. The van der Waals surface area contributed by atoms with E-state index in [1.165, 1.54) is 12.1 Å². The van der Waals surface area contributed by atoms with Gasteiger partial charge < -0.3 is 15.0 Å². The molecule has 2 heterocycles. The largest absolute Gasteiger partial charge is 0.495 e. The lowest BCUT2D eigenvalue weighted by molar-refractivity contribution is 0.412. The van der Waals surface area contributed by atoms with Crippen molar-refractivity contribution in [2.75, 3.05) is 38.2 Å². The maximum Gasteiger partial charge on any atom is 0.157 e. The lowest BCUT2D eigenvalue weighted by Gasteiger charge is -2.30. The minimum atomic E-state index is -1.48. The van der Waals surface area contributed by atoms with Crippen LogP contribution in [0.1, 0.15) is 26.3 Å². The van der Waals surface area contributed by atoms with Gasteiger partial charge >= 0.3 is 0 Å². The Hall–Kier alpha value is -2.38. The topological polar surface area (TPSA) is 46.5 Å². The number of methoxy groups -OCH3 is 1. The normalized spacial score (nSPS) is 14.9. The van der Waals surface area contributed by atoms with E-state index < -0.39 is 11.0 Å². The predicted octanol–water partition coefficient (Wildman–Crippen LogP) is 4.36. The Kier molecular flexibility index (Phi) is 7.50. The minimum Gasteiger partial charge on any atom is -0.495 e. The molecule has 1 unspecified atom stereocenters. The average Bonchev–Trinajstić information content (AvgIpc) is 3.17. The fourth-order valence-electron chi connectivity index (χ4n) is 3.70. The summed E-state index contributed by atoms with van der Waals surface area (Å²) in [6, 6.07) is 10.3. The van der Waals surface area contributed by atoms with Gasteiger partial charge in [-0.15, -0.1) is 0 Å². The van der Waals surface area contributed by atoms with Crippen molar-refractivity contribution in [1.29, 1.82) is 0 Å². The van der Waals surface area contributed by atoms with E-state index in [2.05, 4.69) is 10.2 Å². The number of aromatic nitrogens is 1. The Labute approximate surface area is 180 Å². The molecule has 5 nitrogen and oxygen atoms in total. The zero-order valence-electron chi connectivity index (χ0n) is 18.1. The van der Waals surface area contributed by atoms with Crippen molar-refractivity contribution >= 4 is 27.6 Å². The fraction of sp³-hybridized carbons (Fsp3) is 0.391. The fourth-order valence-corrected chi connectivity index (χ4v) is 4.88. The number of hydrogen-bond donors (Lipinski definition) is 1. The molecule has 0 amide bonds. The molecular formula is C23H30FN3O2S. The molecule has 1 aliphatic rings. The first-order chi connectivity index (χ1) is 14.6. The summed E-state index contributed by atoms with van der Waals surface area (Å²) in [4.78, 5) is 2.90. The summed E-state index contributed by atoms with van der Waals surface area (Å²) in [6.45, 7) is 9.57. The van der Waals surface area contributed by atoms with E-state index in [0.717, 1.165) is 55.0 Å². The second kappa shape index (κ2) is 10.1. The molecule has 30 heavy (non-hydrogen) atoms. The molecule has 1 atom stereocenters. The zero-order valence-corrected chi connectivity index (χ0v) is 18.9. The Bertz CT molecular complexity index is 1030. The van der Waals surface area contributed by atoms with Gasteiger partial charge in [-0.1, -0.05) is 20.8 Å². The molecular weight excluding hydrogens is 401 g/mol. The Morgan fingerprint density at radius 3 is 2.53 bits per heavy atom. The monoisotopic (exact) mass is 431 g/mol. The second-order valence-corrected chi connectivity index (χ2v) is 8.18. The van der Waals surface area contributed by atoms with Gasteiger partial charge in [0.25, 0.3) is 0 Å². The van der Waals surface area contributed by atoms with Crippen LogP contribution < -0.4 is 15.0 Å². The van der Waals surface area contributed by atoms with E-state index in [1.807, 2.05) is 45.2 Å². The first kappa shape index (κ1) is 22.3. The van der Waals surface area contributed by atoms with Crippen molar-refractivity contribution < 1.29 is 13.3 Å². The zero-order chi connectivity index (χ0) is 21.7. The third-order valence-electron chi connectivity index (χ3n) is 5.19.